The minimum Gasteiger partial charge on any atom is -0.493 e. The number of hydrogen-bond donors (Lipinski definition) is 4. The largest absolute Gasteiger partial charge is 0.493 e. The number of benzene rings is 2. The van der Waals surface area contributed by atoms with Crippen LogP contribution in [0.25, 0.3) is 11.0 Å². The number of carbonyl (C=O) groups is 2. The number of hydrogen-bond acceptors (Lipinski definition) is 7. The minimum atomic E-state index is -0.382. The molecule has 4 rings (SSSR count). The highest BCUT2D eigenvalue weighted by Crippen LogP contribution is 2.32. The molecule has 0 unspecified atom stereocenters. The number of nitrogens with zero attached hydrogens (tertiary/aromatic N) is 2. The monoisotopic (exact) mass is 432 g/mol. The molecule has 2 heterocycles. The second-order valence-corrected chi connectivity index (χ2v) is 6.79. The lowest BCUT2D eigenvalue weighted by Gasteiger charge is -2.10. The summed E-state index contributed by atoms with van der Waals surface area (Å²) >= 11 is 0. The van der Waals surface area contributed by atoms with E-state index in [4.69, 9.17) is 15.0 Å². The fourth-order valence-electron chi connectivity index (χ4n) is 3.15. The van der Waals surface area contributed by atoms with Crippen LogP contribution in [0.15, 0.2) is 65.4 Å². The van der Waals surface area contributed by atoms with Crippen molar-refractivity contribution in [3.05, 3.63) is 72.1 Å². The Morgan fingerprint density at radius 3 is 2.72 bits per heavy atom. The van der Waals surface area contributed by atoms with Crippen molar-refractivity contribution >= 4 is 40.1 Å². The van der Waals surface area contributed by atoms with E-state index in [-0.39, 0.29) is 24.3 Å². The van der Waals surface area contributed by atoms with Gasteiger partial charge in [-0.15, -0.1) is 0 Å². The molecule has 0 saturated heterocycles. The zero-order valence-corrected chi connectivity index (χ0v) is 17.1. The van der Waals surface area contributed by atoms with Gasteiger partial charge < -0.3 is 30.9 Å². The van der Waals surface area contributed by atoms with Gasteiger partial charge in [-0.3, -0.25) is 9.78 Å². The van der Waals surface area contributed by atoms with Crippen molar-refractivity contribution in [2.45, 2.75) is 6.54 Å². The number of nitrogens with one attached hydrogen (secondary N) is 3. The number of fused-ring (bicyclic) bond motifs is 1. The summed E-state index contributed by atoms with van der Waals surface area (Å²) in [6.07, 6.45) is 3.17. The van der Waals surface area contributed by atoms with Crippen molar-refractivity contribution in [1.82, 2.24) is 15.5 Å². The van der Waals surface area contributed by atoms with Crippen LogP contribution in [0.4, 0.5) is 22.0 Å². The number of amides is 3. The summed E-state index contributed by atoms with van der Waals surface area (Å²) in [5.41, 5.74) is 8.44. The predicted molar refractivity (Wildman–Crippen MR) is 119 cm³/mol. The summed E-state index contributed by atoms with van der Waals surface area (Å²) in [5.74, 6) is 0.145. The Hall–Kier alpha value is -4.60. The quantitative estimate of drug-likeness (QED) is 0.365. The molecule has 4 aromatic rings. The topological polar surface area (TPSA) is 144 Å². The fourth-order valence-corrected chi connectivity index (χ4v) is 3.15. The van der Waals surface area contributed by atoms with Crippen molar-refractivity contribution in [3.63, 3.8) is 0 Å². The SMILES string of the molecule is COc1ccc(C(=O)Nc2cccc(CNC(=O)Nc3cccnc3)c2)c2c(N)noc12. The maximum Gasteiger partial charge on any atom is 0.319 e. The lowest BCUT2D eigenvalue weighted by molar-refractivity contribution is 0.102. The van der Waals surface area contributed by atoms with Crippen LogP contribution < -0.4 is 26.4 Å². The number of aromatic nitrogens is 2. The van der Waals surface area contributed by atoms with Gasteiger partial charge in [-0.2, -0.15) is 0 Å². The van der Waals surface area contributed by atoms with E-state index in [0.717, 1.165) is 5.56 Å². The molecule has 2 aromatic heterocycles. The Labute approximate surface area is 182 Å². The first-order valence-electron chi connectivity index (χ1n) is 9.62. The number of pyridine rings is 1. The van der Waals surface area contributed by atoms with Crippen molar-refractivity contribution in [2.24, 2.45) is 0 Å². The first kappa shape index (κ1) is 20.7. The van der Waals surface area contributed by atoms with Crippen molar-refractivity contribution in [3.8, 4) is 5.75 Å². The average molecular weight is 432 g/mol. The third kappa shape index (κ3) is 4.43. The number of urea groups is 1. The van der Waals surface area contributed by atoms with Gasteiger partial charge in [-0.25, -0.2) is 4.79 Å². The van der Waals surface area contributed by atoms with Crippen LogP contribution in [0.3, 0.4) is 0 Å². The van der Waals surface area contributed by atoms with E-state index in [9.17, 15) is 9.59 Å². The molecular weight excluding hydrogens is 412 g/mol. The maximum absolute atomic E-state index is 12.9. The molecule has 0 saturated carbocycles. The molecule has 0 aliphatic carbocycles. The lowest BCUT2D eigenvalue weighted by atomic mass is 10.1. The molecule has 0 aliphatic rings. The van der Waals surface area contributed by atoms with Crippen LogP contribution in [0.1, 0.15) is 15.9 Å². The van der Waals surface area contributed by atoms with Crippen LogP contribution in [0, 0.1) is 0 Å². The number of methoxy groups -OCH3 is 1. The molecule has 5 N–H and O–H groups in total. The zero-order chi connectivity index (χ0) is 22.5. The summed E-state index contributed by atoms with van der Waals surface area (Å²) in [5, 5.41) is 12.4. The molecule has 0 spiro atoms. The summed E-state index contributed by atoms with van der Waals surface area (Å²) in [4.78, 5) is 28.9. The fraction of sp³-hybridized carbons (Fsp3) is 0.0909. The number of nitrogens with two attached hydrogens (primary N) is 1. The lowest BCUT2D eigenvalue weighted by Crippen LogP contribution is -2.28. The standard InChI is InChI=1S/C22H20N6O4/c1-31-17-8-7-16(18-19(17)32-28-20(18)23)21(29)26-14-5-2-4-13(10-14)11-25-22(30)27-15-6-3-9-24-12-15/h2-10,12H,11H2,1H3,(H2,23,28)(H,26,29)(H2,25,27,30). The molecule has 0 fully saturated rings. The second kappa shape index (κ2) is 9.04. The van der Waals surface area contributed by atoms with Gasteiger partial charge in [-0.05, 0) is 42.0 Å². The maximum atomic E-state index is 12.9. The summed E-state index contributed by atoms with van der Waals surface area (Å²) < 4.78 is 10.4. The van der Waals surface area contributed by atoms with E-state index in [1.165, 1.54) is 7.11 Å². The van der Waals surface area contributed by atoms with Gasteiger partial charge >= 0.3 is 6.03 Å². The normalized spacial score (nSPS) is 10.5. The first-order valence-corrected chi connectivity index (χ1v) is 9.62. The van der Waals surface area contributed by atoms with Gasteiger partial charge in [0.15, 0.2) is 11.6 Å². The van der Waals surface area contributed by atoms with E-state index in [0.29, 0.717) is 33.7 Å². The molecular formula is C22H20N6O4. The molecule has 0 radical (unpaired) electrons. The first-order chi connectivity index (χ1) is 15.5. The number of rotatable bonds is 6. The average Bonchev–Trinajstić information content (AvgIpc) is 3.20. The predicted octanol–water partition coefficient (Wildman–Crippen LogP) is 3.39. The molecule has 162 valence electrons. The molecule has 10 nitrogen and oxygen atoms in total. The number of nitrogen functional groups attached to an aromatic ring is 1. The Kier molecular flexibility index (Phi) is 5.84. The van der Waals surface area contributed by atoms with Gasteiger partial charge in [-0.1, -0.05) is 17.3 Å². The van der Waals surface area contributed by atoms with Crippen molar-refractivity contribution in [1.29, 1.82) is 0 Å². The Morgan fingerprint density at radius 1 is 1.09 bits per heavy atom. The van der Waals surface area contributed by atoms with Crippen LogP contribution in [0.2, 0.25) is 0 Å². The summed E-state index contributed by atoms with van der Waals surface area (Å²) in [6.45, 7) is 0.265. The third-order valence-electron chi connectivity index (χ3n) is 4.63. The second-order valence-electron chi connectivity index (χ2n) is 6.79. The summed E-state index contributed by atoms with van der Waals surface area (Å²) in [6, 6.07) is 13.4. The molecule has 32 heavy (non-hydrogen) atoms. The van der Waals surface area contributed by atoms with Gasteiger partial charge in [0.05, 0.1) is 29.9 Å². The third-order valence-corrected chi connectivity index (χ3v) is 4.63. The van der Waals surface area contributed by atoms with Gasteiger partial charge in [0.1, 0.15) is 0 Å². The Balaban J connectivity index is 1.44. The molecule has 3 amide bonds. The van der Waals surface area contributed by atoms with Crippen LogP contribution in [-0.2, 0) is 6.54 Å². The molecule has 10 heteroatoms. The van der Waals surface area contributed by atoms with Crippen molar-refractivity contribution < 1.29 is 18.8 Å². The zero-order valence-electron chi connectivity index (χ0n) is 17.1. The molecule has 0 bridgehead atoms. The summed E-state index contributed by atoms with van der Waals surface area (Å²) in [7, 11) is 1.49. The molecule has 0 atom stereocenters. The highest BCUT2D eigenvalue weighted by Gasteiger charge is 2.20. The highest BCUT2D eigenvalue weighted by molar-refractivity contribution is 6.15. The Bertz CT molecular complexity index is 1270. The number of ether oxygens (including phenoxy) is 1. The van der Waals surface area contributed by atoms with Crippen LogP contribution in [0.5, 0.6) is 5.75 Å². The van der Waals surface area contributed by atoms with E-state index in [1.807, 2.05) is 6.07 Å². The van der Waals surface area contributed by atoms with Crippen molar-refractivity contribution in [2.75, 3.05) is 23.5 Å². The van der Waals surface area contributed by atoms with E-state index in [2.05, 4.69) is 26.1 Å². The number of carbonyl (C=O) groups excluding carboxylic acids is 2. The van der Waals surface area contributed by atoms with E-state index < -0.39 is 0 Å². The number of anilines is 3. The molecule has 2 aromatic carbocycles. The van der Waals surface area contributed by atoms with Gasteiger partial charge in [0.2, 0.25) is 5.58 Å². The smallest absolute Gasteiger partial charge is 0.319 e. The van der Waals surface area contributed by atoms with Gasteiger partial charge in [0, 0.05) is 18.4 Å². The van der Waals surface area contributed by atoms with Crippen LogP contribution >= 0.6 is 0 Å². The highest BCUT2D eigenvalue weighted by atomic mass is 16.5. The molecule has 0 aliphatic heterocycles. The van der Waals surface area contributed by atoms with E-state index >= 15 is 0 Å². The van der Waals surface area contributed by atoms with Gasteiger partial charge in [0.25, 0.3) is 5.91 Å². The Morgan fingerprint density at radius 2 is 1.94 bits per heavy atom. The minimum absolute atomic E-state index is 0.0987. The van der Waals surface area contributed by atoms with E-state index in [1.54, 1.807) is 54.9 Å². The van der Waals surface area contributed by atoms with Crippen LogP contribution in [-0.4, -0.2) is 29.2 Å².